The molecule has 1 aromatic heterocycles. The van der Waals surface area contributed by atoms with Gasteiger partial charge in [-0.2, -0.15) is 0 Å². The number of aromatic nitrogens is 2. The molecular weight excluding hydrogens is 151 g/mol. The maximum atomic E-state index is 11.9. The maximum Gasteiger partial charge on any atom is 0.328 e. The van der Waals surface area contributed by atoms with Crippen molar-refractivity contribution >= 4 is 0 Å². The number of H-pyrrole nitrogens is 1. The van der Waals surface area contributed by atoms with Gasteiger partial charge in [0.15, 0.2) is 0 Å². The van der Waals surface area contributed by atoms with Gasteiger partial charge < -0.3 is 4.98 Å². The van der Waals surface area contributed by atoms with Crippen LogP contribution in [0.3, 0.4) is 0 Å². The number of aromatic amines is 1. The van der Waals surface area contributed by atoms with Crippen LogP contribution in [0.15, 0.2) is 15.7 Å². The first-order valence-corrected chi connectivity index (χ1v) is 3.00. The first-order chi connectivity index (χ1) is 5.15. The van der Waals surface area contributed by atoms with E-state index in [9.17, 15) is 14.0 Å². The highest BCUT2D eigenvalue weighted by atomic mass is 19.1. The second kappa shape index (κ2) is 2.69. The zero-order chi connectivity index (χ0) is 8.43. The molecule has 1 heterocycles. The van der Waals surface area contributed by atoms with Crippen molar-refractivity contribution in [3.8, 4) is 0 Å². The second-order valence-corrected chi connectivity index (χ2v) is 2.13. The molecular formula is C6H7FN2O2. The summed E-state index contributed by atoms with van der Waals surface area (Å²) in [6.45, 7) is -0.828. The van der Waals surface area contributed by atoms with E-state index in [2.05, 4.69) is 4.98 Å². The minimum Gasteiger partial charge on any atom is -0.308 e. The largest absolute Gasteiger partial charge is 0.328 e. The van der Waals surface area contributed by atoms with E-state index in [1.54, 1.807) is 0 Å². The van der Waals surface area contributed by atoms with Crippen LogP contribution in [0.25, 0.3) is 0 Å². The number of hydrogen-bond acceptors (Lipinski definition) is 2. The molecule has 5 heteroatoms. The third-order valence-electron chi connectivity index (χ3n) is 1.34. The topological polar surface area (TPSA) is 54.9 Å². The molecule has 0 atom stereocenters. The molecule has 60 valence electrons. The van der Waals surface area contributed by atoms with Gasteiger partial charge in [-0.15, -0.1) is 0 Å². The van der Waals surface area contributed by atoms with Crippen molar-refractivity contribution in [3.05, 3.63) is 32.6 Å². The van der Waals surface area contributed by atoms with Gasteiger partial charge in [-0.3, -0.25) is 9.36 Å². The SMILES string of the molecule is Cn1c(=O)cc(CF)[nH]c1=O. The van der Waals surface area contributed by atoms with Crippen molar-refractivity contribution in [1.29, 1.82) is 0 Å². The Hall–Kier alpha value is -1.39. The lowest BCUT2D eigenvalue weighted by molar-refractivity contribution is 0.471. The zero-order valence-corrected chi connectivity index (χ0v) is 5.93. The van der Waals surface area contributed by atoms with Gasteiger partial charge in [-0.1, -0.05) is 0 Å². The number of nitrogens with one attached hydrogen (secondary N) is 1. The van der Waals surface area contributed by atoms with E-state index in [1.165, 1.54) is 7.05 Å². The minimum absolute atomic E-state index is 0.0121. The smallest absolute Gasteiger partial charge is 0.308 e. The van der Waals surface area contributed by atoms with Gasteiger partial charge in [-0.25, -0.2) is 9.18 Å². The fourth-order valence-corrected chi connectivity index (χ4v) is 0.675. The summed E-state index contributed by atoms with van der Waals surface area (Å²) in [5, 5.41) is 0. The average molecular weight is 158 g/mol. The summed E-state index contributed by atoms with van der Waals surface area (Å²) in [4.78, 5) is 23.8. The van der Waals surface area contributed by atoms with Crippen LogP contribution in [0, 0.1) is 0 Å². The molecule has 0 aromatic carbocycles. The van der Waals surface area contributed by atoms with Gasteiger partial charge in [0, 0.05) is 13.1 Å². The van der Waals surface area contributed by atoms with Crippen molar-refractivity contribution in [3.63, 3.8) is 0 Å². The van der Waals surface area contributed by atoms with Crippen LogP contribution in [0.5, 0.6) is 0 Å². The second-order valence-electron chi connectivity index (χ2n) is 2.13. The van der Waals surface area contributed by atoms with Crippen molar-refractivity contribution in [2.24, 2.45) is 7.05 Å². The molecule has 0 spiro atoms. The Morgan fingerprint density at radius 3 is 2.73 bits per heavy atom. The fraction of sp³-hybridized carbons (Fsp3) is 0.333. The summed E-state index contributed by atoms with van der Waals surface area (Å²) in [7, 11) is 1.32. The van der Waals surface area contributed by atoms with Gasteiger partial charge in [0.2, 0.25) is 0 Å². The molecule has 11 heavy (non-hydrogen) atoms. The Morgan fingerprint density at radius 1 is 1.64 bits per heavy atom. The number of halogens is 1. The first-order valence-electron chi connectivity index (χ1n) is 3.00. The molecule has 0 saturated carbocycles. The Balaban J connectivity index is 3.45. The molecule has 1 aromatic rings. The molecule has 0 fully saturated rings. The highest BCUT2D eigenvalue weighted by Gasteiger charge is 1.98. The van der Waals surface area contributed by atoms with Crippen LogP contribution in [0.1, 0.15) is 5.69 Å². The molecule has 0 unspecified atom stereocenters. The van der Waals surface area contributed by atoms with Gasteiger partial charge in [0.05, 0.1) is 5.69 Å². The molecule has 0 saturated heterocycles. The zero-order valence-electron chi connectivity index (χ0n) is 5.93. The van der Waals surface area contributed by atoms with Crippen LogP contribution in [0.4, 0.5) is 4.39 Å². The van der Waals surface area contributed by atoms with Crippen LogP contribution < -0.4 is 11.2 Å². The molecule has 1 N–H and O–H groups in total. The van der Waals surface area contributed by atoms with E-state index < -0.39 is 17.9 Å². The van der Waals surface area contributed by atoms with Crippen LogP contribution in [-0.2, 0) is 13.7 Å². The van der Waals surface area contributed by atoms with Gasteiger partial charge in [0.25, 0.3) is 5.56 Å². The molecule has 0 aliphatic heterocycles. The summed E-state index contributed by atoms with van der Waals surface area (Å²) in [5.74, 6) is 0. The summed E-state index contributed by atoms with van der Waals surface area (Å²) in [6, 6.07) is 1.06. The predicted octanol–water partition coefficient (Wildman–Crippen LogP) is -0.457. The monoisotopic (exact) mass is 158 g/mol. The van der Waals surface area contributed by atoms with Crippen LogP contribution in [-0.4, -0.2) is 9.55 Å². The van der Waals surface area contributed by atoms with Crippen LogP contribution >= 0.6 is 0 Å². The molecule has 0 amide bonds. The van der Waals surface area contributed by atoms with Crippen LogP contribution in [0.2, 0.25) is 0 Å². The standard InChI is InChI=1S/C6H7FN2O2/c1-9-5(10)2-4(3-7)8-6(9)11/h2H,3H2,1H3,(H,8,11). The Bertz CT molecular complexity index is 334. The average Bonchev–Trinajstić information content (AvgIpc) is 1.99. The normalized spacial score (nSPS) is 10.0. The molecule has 0 bridgehead atoms. The van der Waals surface area contributed by atoms with E-state index in [0.717, 1.165) is 10.6 Å². The van der Waals surface area contributed by atoms with Crippen molar-refractivity contribution in [2.75, 3.05) is 0 Å². The van der Waals surface area contributed by atoms with Crippen molar-refractivity contribution < 1.29 is 4.39 Å². The molecule has 4 nitrogen and oxygen atoms in total. The summed E-state index contributed by atoms with van der Waals surface area (Å²) >= 11 is 0. The van der Waals surface area contributed by atoms with Gasteiger partial charge in [-0.05, 0) is 0 Å². The van der Waals surface area contributed by atoms with Crippen molar-refractivity contribution in [2.45, 2.75) is 6.67 Å². The Labute approximate surface area is 61.3 Å². The maximum absolute atomic E-state index is 11.9. The van der Waals surface area contributed by atoms with E-state index in [4.69, 9.17) is 0 Å². The molecule has 0 aliphatic rings. The quantitative estimate of drug-likeness (QED) is 0.601. The lowest BCUT2D eigenvalue weighted by atomic mass is 10.4. The Morgan fingerprint density at radius 2 is 2.27 bits per heavy atom. The summed E-state index contributed by atoms with van der Waals surface area (Å²) in [6.07, 6.45) is 0. The summed E-state index contributed by atoms with van der Waals surface area (Å²) < 4.78 is 12.8. The number of alkyl halides is 1. The highest BCUT2D eigenvalue weighted by Crippen LogP contribution is 1.86. The van der Waals surface area contributed by atoms with Gasteiger partial charge in [0.1, 0.15) is 6.67 Å². The van der Waals surface area contributed by atoms with E-state index in [0.29, 0.717) is 0 Å². The highest BCUT2D eigenvalue weighted by molar-refractivity contribution is 4.97. The van der Waals surface area contributed by atoms with E-state index in [-0.39, 0.29) is 5.69 Å². The van der Waals surface area contributed by atoms with Crippen molar-refractivity contribution in [1.82, 2.24) is 9.55 Å². The lowest BCUT2D eigenvalue weighted by Crippen LogP contribution is -2.32. The minimum atomic E-state index is -0.828. The van der Waals surface area contributed by atoms with E-state index in [1.807, 2.05) is 0 Å². The molecule has 0 aliphatic carbocycles. The number of hydrogen-bond donors (Lipinski definition) is 1. The fourth-order valence-electron chi connectivity index (χ4n) is 0.675. The Kier molecular flexibility index (Phi) is 1.89. The van der Waals surface area contributed by atoms with Gasteiger partial charge >= 0.3 is 5.69 Å². The third kappa shape index (κ3) is 1.36. The third-order valence-corrected chi connectivity index (χ3v) is 1.34. The summed E-state index contributed by atoms with van der Waals surface area (Å²) in [5.41, 5.74) is -1.08. The predicted molar refractivity (Wildman–Crippen MR) is 37.1 cm³/mol. The molecule has 0 radical (unpaired) electrons. The number of nitrogens with zero attached hydrogens (tertiary/aromatic N) is 1. The first kappa shape index (κ1) is 7.71. The number of rotatable bonds is 1. The van der Waals surface area contributed by atoms with E-state index >= 15 is 0 Å². The molecule has 1 rings (SSSR count). The lowest BCUT2D eigenvalue weighted by Gasteiger charge is -1.95.